The molecule has 2 aliphatic rings. The van der Waals surface area contributed by atoms with Crippen LogP contribution in [0.4, 0.5) is 11.5 Å². The molecule has 0 aliphatic carbocycles. The van der Waals surface area contributed by atoms with Gasteiger partial charge in [0.1, 0.15) is 16.5 Å². The smallest absolute Gasteiger partial charge is 0.267 e. The summed E-state index contributed by atoms with van der Waals surface area (Å²) >= 11 is 1.29. The van der Waals surface area contributed by atoms with Gasteiger partial charge in [0.05, 0.1) is 22.1 Å². The third-order valence-corrected chi connectivity index (χ3v) is 7.66. The Balaban J connectivity index is 1.37. The largest absolute Gasteiger partial charge is 0.368 e. The molecule has 3 aromatic rings. The van der Waals surface area contributed by atoms with Gasteiger partial charge in [-0.05, 0) is 44.5 Å². The Morgan fingerprint density at radius 1 is 1.09 bits per heavy atom. The second kappa shape index (κ2) is 8.63. The lowest BCUT2D eigenvalue weighted by Crippen LogP contribution is -2.44. The first kappa shape index (κ1) is 21.1. The van der Waals surface area contributed by atoms with Gasteiger partial charge < -0.3 is 15.1 Å². The molecule has 5 heterocycles. The van der Waals surface area contributed by atoms with Crippen molar-refractivity contribution in [3.05, 3.63) is 44.9 Å². The van der Waals surface area contributed by atoms with Crippen molar-refractivity contribution in [1.29, 1.82) is 0 Å². The van der Waals surface area contributed by atoms with Crippen LogP contribution >= 0.6 is 11.3 Å². The highest BCUT2D eigenvalue weighted by Crippen LogP contribution is 2.29. The van der Waals surface area contributed by atoms with Crippen LogP contribution in [0.5, 0.6) is 0 Å². The van der Waals surface area contributed by atoms with Gasteiger partial charge in [-0.3, -0.25) is 14.2 Å². The van der Waals surface area contributed by atoms with Gasteiger partial charge in [-0.15, -0.1) is 11.3 Å². The lowest BCUT2D eigenvalue weighted by Gasteiger charge is -2.33. The van der Waals surface area contributed by atoms with Crippen LogP contribution < -0.4 is 15.8 Å². The summed E-state index contributed by atoms with van der Waals surface area (Å²) in [5.74, 6) is 1.10. The Morgan fingerprint density at radius 3 is 2.66 bits per heavy atom. The molecular weight excluding hydrogens is 424 g/mol. The molecular formula is C23H28N6O2S. The summed E-state index contributed by atoms with van der Waals surface area (Å²) in [5, 5.41) is 3.47. The molecule has 0 unspecified atom stereocenters. The monoisotopic (exact) mass is 452 g/mol. The number of amides is 1. The van der Waals surface area contributed by atoms with Gasteiger partial charge in [-0.1, -0.05) is 6.42 Å². The molecule has 168 valence electrons. The van der Waals surface area contributed by atoms with E-state index in [9.17, 15) is 9.59 Å². The molecule has 0 spiro atoms. The number of thiophene rings is 1. The molecule has 0 aromatic carbocycles. The van der Waals surface area contributed by atoms with E-state index in [1.807, 2.05) is 25.3 Å². The van der Waals surface area contributed by atoms with Crippen LogP contribution in [0.15, 0.2) is 23.1 Å². The fourth-order valence-electron chi connectivity index (χ4n) is 4.51. The molecule has 1 fully saturated rings. The minimum atomic E-state index is -0.245. The quantitative estimate of drug-likeness (QED) is 0.658. The predicted octanol–water partition coefficient (Wildman–Crippen LogP) is 2.89. The zero-order valence-electron chi connectivity index (χ0n) is 18.6. The number of carbonyl (C=O) groups is 1. The number of anilines is 2. The molecule has 5 rings (SSSR count). The summed E-state index contributed by atoms with van der Waals surface area (Å²) in [6.07, 6.45) is 5.78. The molecule has 9 heteroatoms. The summed E-state index contributed by atoms with van der Waals surface area (Å²) in [6.45, 7) is 6.54. The fourth-order valence-corrected chi connectivity index (χ4v) is 5.60. The average Bonchev–Trinajstić information content (AvgIpc) is 2.95. The second-order valence-electron chi connectivity index (χ2n) is 8.68. The molecule has 2 aliphatic heterocycles. The number of nitrogens with one attached hydrogen (secondary N) is 1. The third-order valence-electron chi connectivity index (χ3n) is 6.48. The van der Waals surface area contributed by atoms with Gasteiger partial charge in [0.15, 0.2) is 0 Å². The molecule has 1 N–H and O–H groups in total. The van der Waals surface area contributed by atoms with Crippen molar-refractivity contribution in [1.82, 2.24) is 19.4 Å². The van der Waals surface area contributed by atoms with E-state index in [-0.39, 0.29) is 11.5 Å². The van der Waals surface area contributed by atoms with Crippen LogP contribution in [0.2, 0.25) is 0 Å². The van der Waals surface area contributed by atoms with Crippen molar-refractivity contribution in [2.45, 2.75) is 39.2 Å². The van der Waals surface area contributed by atoms with E-state index in [4.69, 9.17) is 4.98 Å². The van der Waals surface area contributed by atoms with Gasteiger partial charge in [-0.2, -0.15) is 0 Å². The zero-order chi connectivity index (χ0) is 22.2. The van der Waals surface area contributed by atoms with Gasteiger partial charge in [0, 0.05) is 39.1 Å². The summed E-state index contributed by atoms with van der Waals surface area (Å²) in [7, 11) is 2.13. The van der Waals surface area contributed by atoms with Crippen LogP contribution in [0.25, 0.3) is 10.2 Å². The first-order valence-corrected chi connectivity index (χ1v) is 12.1. The van der Waals surface area contributed by atoms with Crippen LogP contribution in [0.1, 0.15) is 40.3 Å². The number of fused-ring (bicyclic) bond motifs is 2. The number of piperazine rings is 1. The number of rotatable bonds is 3. The van der Waals surface area contributed by atoms with Gasteiger partial charge in [0.25, 0.3) is 11.5 Å². The fraction of sp³-hybridized carbons (Fsp3) is 0.478. The zero-order valence-corrected chi connectivity index (χ0v) is 19.4. The normalized spacial score (nSPS) is 17.2. The molecule has 0 saturated carbocycles. The van der Waals surface area contributed by atoms with E-state index >= 15 is 0 Å². The Bertz CT molecular complexity index is 1210. The Labute approximate surface area is 190 Å². The number of pyridine rings is 1. The molecule has 8 nitrogen and oxygen atoms in total. The highest BCUT2D eigenvalue weighted by atomic mass is 32.1. The molecule has 32 heavy (non-hydrogen) atoms. The van der Waals surface area contributed by atoms with Crippen LogP contribution in [-0.4, -0.2) is 58.6 Å². The van der Waals surface area contributed by atoms with Crippen molar-refractivity contribution in [3.63, 3.8) is 0 Å². The minimum absolute atomic E-state index is 0.0191. The summed E-state index contributed by atoms with van der Waals surface area (Å²) in [6, 6.07) is 3.83. The van der Waals surface area contributed by atoms with Crippen molar-refractivity contribution in [3.8, 4) is 0 Å². The number of nitrogens with zero attached hydrogens (tertiary/aromatic N) is 5. The second-order valence-corrected chi connectivity index (χ2v) is 9.68. The van der Waals surface area contributed by atoms with E-state index in [1.54, 1.807) is 4.57 Å². The topological polar surface area (TPSA) is 83.4 Å². The SMILES string of the molecule is Cc1c(C(=O)Nc2ccc(N3CCN(C)CC3)cn2)sc2nc3n(c(=O)c12)CCCCC3. The maximum Gasteiger partial charge on any atom is 0.267 e. The van der Waals surface area contributed by atoms with Crippen molar-refractivity contribution in [2.75, 3.05) is 43.4 Å². The van der Waals surface area contributed by atoms with E-state index in [0.717, 1.165) is 63.4 Å². The number of aryl methyl sites for hydroxylation is 2. The molecule has 3 aromatic heterocycles. The van der Waals surface area contributed by atoms with Gasteiger partial charge in [0.2, 0.25) is 0 Å². The highest BCUT2D eigenvalue weighted by Gasteiger charge is 2.22. The molecule has 0 radical (unpaired) electrons. The molecule has 0 bridgehead atoms. The van der Waals surface area contributed by atoms with E-state index in [1.165, 1.54) is 11.3 Å². The highest BCUT2D eigenvalue weighted by molar-refractivity contribution is 7.20. The first-order valence-electron chi connectivity index (χ1n) is 11.2. The molecule has 1 saturated heterocycles. The Morgan fingerprint density at radius 2 is 1.91 bits per heavy atom. The van der Waals surface area contributed by atoms with Crippen LogP contribution in [-0.2, 0) is 13.0 Å². The summed E-state index contributed by atoms with van der Waals surface area (Å²) in [4.78, 5) is 41.1. The number of carbonyl (C=O) groups excluding carboxylic acids is 1. The van der Waals surface area contributed by atoms with Crippen molar-refractivity contribution < 1.29 is 4.79 Å². The molecule has 1 amide bonds. The van der Waals surface area contributed by atoms with Crippen molar-refractivity contribution >= 4 is 39.0 Å². The number of hydrogen-bond acceptors (Lipinski definition) is 7. The van der Waals surface area contributed by atoms with E-state index in [0.29, 0.717) is 33.0 Å². The van der Waals surface area contributed by atoms with E-state index < -0.39 is 0 Å². The Kier molecular flexibility index (Phi) is 5.69. The lowest BCUT2D eigenvalue weighted by atomic mass is 10.2. The van der Waals surface area contributed by atoms with Crippen LogP contribution in [0.3, 0.4) is 0 Å². The lowest BCUT2D eigenvalue weighted by molar-refractivity contribution is 0.102. The number of likely N-dealkylation sites (N-methyl/N-ethyl adjacent to an activating group) is 1. The van der Waals surface area contributed by atoms with E-state index in [2.05, 4.69) is 27.1 Å². The maximum atomic E-state index is 13.1. The number of aromatic nitrogens is 3. The standard InChI is InChI=1S/C23H28N6O2S/c1-15-19-22(26-18-6-4-3-5-9-29(18)23(19)31)32-20(15)21(30)25-17-8-7-16(14-24-17)28-12-10-27(2)11-13-28/h7-8,14H,3-6,9-13H2,1-2H3,(H,24,25,30). The van der Waals surface area contributed by atoms with Crippen molar-refractivity contribution in [2.24, 2.45) is 0 Å². The maximum absolute atomic E-state index is 13.1. The Hall–Kier alpha value is -2.78. The summed E-state index contributed by atoms with van der Waals surface area (Å²) < 4.78 is 1.80. The predicted molar refractivity (Wildman–Crippen MR) is 128 cm³/mol. The summed E-state index contributed by atoms with van der Waals surface area (Å²) in [5.41, 5.74) is 1.75. The first-order chi connectivity index (χ1) is 15.5. The number of hydrogen-bond donors (Lipinski definition) is 1. The van der Waals surface area contributed by atoms with Crippen LogP contribution in [0, 0.1) is 6.92 Å². The third kappa shape index (κ3) is 3.91. The van der Waals surface area contributed by atoms with Gasteiger partial charge >= 0.3 is 0 Å². The molecule has 0 atom stereocenters. The van der Waals surface area contributed by atoms with Gasteiger partial charge in [-0.25, -0.2) is 9.97 Å². The minimum Gasteiger partial charge on any atom is -0.368 e. The average molecular weight is 453 g/mol.